The van der Waals surface area contributed by atoms with E-state index in [1.807, 2.05) is 0 Å². The van der Waals surface area contributed by atoms with E-state index in [4.69, 9.17) is 0 Å². The molecule has 3 rings (SSSR count). The summed E-state index contributed by atoms with van der Waals surface area (Å²) in [6, 6.07) is 7.10. The fourth-order valence-corrected chi connectivity index (χ4v) is 3.72. The number of hydrogen-bond acceptors (Lipinski definition) is 4. The van der Waals surface area contributed by atoms with Gasteiger partial charge < -0.3 is 15.5 Å². The average Bonchev–Trinajstić information content (AvgIpc) is 2.85. The summed E-state index contributed by atoms with van der Waals surface area (Å²) in [5.41, 5.74) is 1.69. The highest BCUT2D eigenvalue weighted by Crippen LogP contribution is 2.26. The first-order valence-electron chi connectivity index (χ1n) is 9.57. The zero-order chi connectivity index (χ0) is 19.6. The summed E-state index contributed by atoms with van der Waals surface area (Å²) in [7, 11) is 0. The summed E-state index contributed by atoms with van der Waals surface area (Å²) in [5.74, 6) is -0.685. The lowest BCUT2D eigenvalue weighted by Gasteiger charge is -2.31. The molecule has 0 spiro atoms. The van der Waals surface area contributed by atoms with Gasteiger partial charge in [0.2, 0.25) is 5.91 Å². The summed E-state index contributed by atoms with van der Waals surface area (Å²) in [4.78, 5) is 40.0. The number of rotatable bonds is 6. The molecular formula is C20H28N4O3. The molecule has 2 N–H and O–H groups in total. The Balaban J connectivity index is 1.48. The second-order valence-corrected chi connectivity index (χ2v) is 7.77. The molecule has 0 radical (unpaired) electrons. The van der Waals surface area contributed by atoms with E-state index in [9.17, 15) is 14.4 Å². The van der Waals surface area contributed by atoms with Gasteiger partial charge in [0, 0.05) is 25.3 Å². The van der Waals surface area contributed by atoms with Crippen molar-refractivity contribution >= 4 is 23.5 Å². The summed E-state index contributed by atoms with van der Waals surface area (Å²) < 4.78 is 0. The number of nitrogens with one attached hydrogen (secondary N) is 2. The third-order valence-electron chi connectivity index (χ3n) is 5.27. The van der Waals surface area contributed by atoms with Crippen LogP contribution in [0.5, 0.6) is 0 Å². The van der Waals surface area contributed by atoms with Crippen LogP contribution in [-0.4, -0.2) is 54.0 Å². The van der Waals surface area contributed by atoms with Crippen LogP contribution in [0.2, 0.25) is 0 Å². The number of aryl methyl sites for hydroxylation is 1. The summed E-state index contributed by atoms with van der Waals surface area (Å²) >= 11 is 0. The number of para-hydroxylation sites is 1. The van der Waals surface area contributed by atoms with Crippen molar-refractivity contribution in [2.45, 2.75) is 51.6 Å². The van der Waals surface area contributed by atoms with Crippen molar-refractivity contribution in [3.63, 3.8) is 0 Å². The summed E-state index contributed by atoms with van der Waals surface area (Å²) in [6.45, 7) is 7.24. The molecule has 27 heavy (non-hydrogen) atoms. The van der Waals surface area contributed by atoms with Crippen molar-refractivity contribution < 1.29 is 14.4 Å². The Labute approximate surface area is 160 Å². The van der Waals surface area contributed by atoms with E-state index in [-0.39, 0.29) is 11.8 Å². The largest absolute Gasteiger partial charge is 0.371 e. The molecule has 2 aliphatic heterocycles. The number of imide groups is 1. The van der Waals surface area contributed by atoms with E-state index in [0.717, 1.165) is 37.3 Å². The van der Waals surface area contributed by atoms with Gasteiger partial charge in [-0.15, -0.1) is 0 Å². The Hall–Kier alpha value is -2.57. The topological polar surface area (TPSA) is 81.8 Å². The fourth-order valence-electron chi connectivity index (χ4n) is 3.72. The zero-order valence-electron chi connectivity index (χ0n) is 16.2. The predicted molar refractivity (Wildman–Crippen MR) is 104 cm³/mol. The van der Waals surface area contributed by atoms with Gasteiger partial charge in [0.15, 0.2) is 0 Å². The number of anilines is 1. The molecule has 0 aliphatic carbocycles. The minimum Gasteiger partial charge on any atom is -0.371 e. The normalized spacial score (nSPS) is 19.5. The quantitative estimate of drug-likeness (QED) is 0.588. The number of carbonyl (C=O) groups is 3. The molecule has 7 nitrogen and oxygen atoms in total. The Bertz CT molecular complexity index is 746. The van der Waals surface area contributed by atoms with Crippen LogP contribution < -0.4 is 15.5 Å². The number of urea groups is 1. The first-order valence-corrected chi connectivity index (χ1v) is 9.57. The monoisotopic (exact) mass is 372 g/mol. The number of carbonyl (C=O) groups excluding carboxylic acids is 3. The third-order valence-corrected chi connectivity index (χ3v) is 5.27. The molecule has 2 heterocycles. The van der Waals surface area contributed by atoms with Crippen molar-refractivity contribution in [2.75, 3.05) is 24.5 Å². The molecule has 1 aromatic carbocycles. The maximum atomic E-state index is 12.4. The highest BCUT2D eigenvalue weighted by molar-refractivity contribution is 6.09. The minimum atomic E-state index is -0.965. The lowest BCUT2D eigenvalue weighted by Crippen LogP contribution is -2.49. The maximum absolute atomic E-state index is 12.4. The molecule has 146 valence electrons. The van der Waals surface area contributed by atoms with Gasteiger partial charge in [-0.05, 0) is 51.7 Å². The van der Waals surface area contributed by atoms with Crippen LogP contribution in [0.4, 0.5) is 10.5 Å². The smallest absolute Gasteiger partial charge is 0.325 e. The van der Waals surface area contributed by atoms with E-state index in [0.29, 0.717) is 6.54 Å². The van der Waals surface area contributed by atoms with Gasteiger partial charge in [-0.2, -0.15) is 0 Å². The molecule has 4 amide bonds. The number of nitrogens with zero attached hydrogens (tertiary/aromatic N) is 2. The van der Waals surface area contributed by atoms with Gasteiger partial charge in [0.1, 0.15) is 11.6 Å². The van der Waals surface area contributed by atoms with Crippen molar-refractivity contribution in [1.29, 1.82) is 0 Å². The van der Waals surface area contributed by atoms with Crippen LogP contribution in [0.3, 0.4) is 0 Å². The van der Waals surface area contributed by atoms with Gasteiger partial charge in [0.05, 0.1) is 0 Å². The summed E-state index contributed by atoms with van der Waals surface area (Å²) in [5, 5.41) is 5.45. The number of fused-ring (bicyclic) bond motifs is 1. The standard InChI is InChI=1S/C20H28N4O3/c1-14(24-18(26)20(2,3)22-19(24)27)17(25)21-11-7-13-23-12-6-9-15-8-4-5-10-16(15)23/h4-5,8,10,14H,6-7,9,11-13H2,1-3H3,(H,21,25)(H,22,27)/t14-/m0/s1. The molecule has 0 bridgehead atoms. The zero-order valence-corrected chi connectivity index (χ0v) is 16.2. The van der Waals surface area contributed by atoms with Crippen LogP contribution >= 0.6 is 0 Å². The second kappa shape index (κ2) is 7.58. The van der Waals surface area contributed by atoms with Crippen LogP contribution in [0.1, 0.15) is 39.2 Å². The fraction of sp³-hybridized carbons (Fsp3) is 0.550. The van der Waals surface area contributed by atoms with Gasteiger partial charge in [-0.3, -0.25) is 9.59 Å². The van der Waals surface area contributed by atoms with Gasteiger partial charge in [0.25, 0.3) is 5.91 Å². The molecule has 0 aromatic heterocycles. The Morgan fingerprint density at radius 1 is 1.30 bits per heavy atom. The Kier molecular flexibility index (Phi) is 5.39. The molecule has 1 atom stereocenters. The first kappa shape index (κ1) is 19.2. The number of amides is 4. The van der Waals surface area contributed by atoms with Gasteiger partial charge in [-0.1, -0.05) is 18.2 Å². The molecule has 0 unspecified atom stereocenters. The molecule has 1 aromatic rings. The Morgan fingerprint density at radius 2 is 2.04 bits per heavy atom. The van der Waals surface area contributed by atoms with Crippen molar-refractivity contribution in [2.24, 2.45) is 0 Å². The average molecular weight is 372 g/mol. The van der Waals surface area contributed by atoms with E-state index in [1.54, 1.807) is 20.8 Å². The highest BCUT2D eigenvalue weighted by Gasteiger charge is 2.47. The van der Waals surface area contributed by atoms with Crippen LogP contribution in [0.25, 0.3) is 0 Å². The van der Waals surface area contributed by atoms with E-state index in [1.165, 1.54) is 11.3 Å². The molecule has 2 aliphatic rings. The predicted octanol–water partition coefficient (Wildman–Crippen LogP) is 1.66. The van der Waals surface area contributed by atoms with Crippen LogP contribution in [0, 0.1) is 0 Å². The molecular weight excluding hydrogens is 344 g/mol. The second-order valence-electron chi connectivity index (χ2n) is 7.77. The maximum Gasteiger partial charge on any atom is 0.325 e. The van der Waals surface area contributed by atoms with E-state index >= 15 is 0 Å². The van der Waals surface area contributed by atoms with Crippen molar-refractivity contribution in [1.82, 2.24) is 15.5 Å². The minimum absolute atomic E-state index is 0.310. The van der Waals surface area contributed by atoms with Gasteiger partial charge in [-0.25, -0.2) is 9.69 Å². The lowest BCUT2D eigenvalue weighted by atomic mass is 10.0. The lowest BCUT2D eigenvalue weighted by molar-refractivity contribution is -0.137. The SMILES string of the molecule is C[C@@H](C(=O)NCCCN1CCCc2ccccc21)N1C(=O)NC(C)(C)C1=O. The van der Waals surface area contributed by atoms with E-state index < -0.39 is 17.6 Å². The Morgan fingerprint density at radius 3 is 2.74 bits per heavy atom. The molecule has 7 heteroatoms. The van der Waals surface area contributed by atoms with Crippen molar-refractivity contribution in [3.05, 3.63) is 29.8 Å². The molecule has 1 fully saturated rings. The number of hydrogen-bond donors (Lipinski definition) is 2. The molecule has 0 saturated carbocycles. The third kappa shape index (κ3) is 3.91. The number of benzene rings is 1. The first-order chi connectivity index (χ1) is 12.8. The highest BCUT2D eigenvalue weighted by atomic mass is 16.2. The van der Waals surface area contributed by atoms with E-state index in [2.05, 4.69) is 39.8 Å². The van der Waals surface area contributed by atoms with Crippen LogP contribution in [0.15, 0.2) is 24.3 Å². The van der Waals surface area contributed by atoms with Crippen LogP contribution in [-0.2, 0) is 16.0 Å². The van der Waals surface area contributed by atoms with Gasteiger partial charge >= 0.3 is 6.03 Å². The summed E-state index contributed by atoms with van der Waals surface area (Å²) in [6.07, 6.45) is 3.06. The van der Waals surface area contributed by atoms with Crippen molar-refractivity contribution in [3.8, 4) is 0 Å². The molecule has 1 saturated heterocycles.